The van der Waals surface area contributed by atoms with E-state index in [0.717, 1.165) is 42.8 Å². The first-order chi connectivity index (χ1) is 18.4. The summed E-state index contributed by atoms with van der Waals surface area (Å²) in [5, 5.41) is 2.95. The van der Waals surface area contributed by atoms with Gasteiger partial charge < -0.3 is 5.32 Å². The summed E-state index contributed by atoms with van der Waals surface area (Å²) in [6.45, 7) is 7.54. The second-order valence-electron chi connectivity index (χ2n) is 11.1. The zero-order valence-corrected chi connectivity index (χ0v) is 25.0. The summed E-state index contributed by atoms with van der Waals surface area (Å²) >= 11 is 18.6. The van der Waals surface area contributed by atoms with Gasteiger partial charge in [-0.3, -0.25) is 19.3 Å². The van der Waals surface area contributed by atoms with Crippen molar-refractivity contribution in [3.8, 4) is 0 Å². The highest BCUT2D eigenvalue weighted by molar-refractivity contribution is 9.10. The van der Waals surface area contributed by atoms with Crippen LogP contribution in [-0.4, -0.2) is 28.7 Å². The van der Waals surface area contributed by atoms with Crippen molar-refractivity contribution in [1.82, 2.24) is 4.90 Å². The van der Waals surface area contributed by atoms with E-state index in [9.17, 15) is 14.4 Å². The highest BCUT2D eigenvalue weighted by Crippen LogP contribution is 2.69. The predicted octanol–water partition coefficient (Wildman–Crippen LogP) is 6.62. The number of amides is 3. The molecule has 1 heterocycles. The topological polar surface area (TPSA) is 66.5 Å². The molecule has 1 saturated heterocycles. The van der Waals surface area contributed by atoms with Crippen molar-refractivity contribution in [3.63, 3.8) is 0 Å². The maximum atomic E-state index is 14.3. The van der Waals surface area contributed by atoms with E-state index in [1.54, 1.807) is 0 Å². The first-order valence-corrected chi connectivity index (χ1v) is 14.5. The van der Waals surface area contributed by atoms with Crippen LogP contribution in [0.3, 0.4) is 0 Å². The molecule has 3 amide bonds. The molecule has 1 fully saturated rings. The van der Waals surface area contributed by atoms with Crippen LogP contribution < -0.4 is 5.32 Å². The lowest BCUT2D eigenvalue weighted by molar-refractivity contribution is -0.148. The number of hydrogen-bond acceptors (Lipinski definition) is 3. The van der Waals surface area contributed by atoms with Crippen LogP contribution in [0.4, 0.5) is 5.69 Å². The fraction of sp³-hybridized carbons (Fsp3) is 0.323. The lowest BCUT2D eigenvalue weighted by atomic mass is 9.54. The predicted molar refractivity (Wildman–Crippen MR) is 156 cm³/mol. The first-order valence-electron chi connectivity index (χ1n) is 13.0. The van der Waals surface area contributed by atoms with Crippen LogP contribution in [0.2, 0.25) is 0 Å². The molecule has 0 spiro atoms. The molecule has 5 nitrogen and oxygen atoms in total. The SMILES string of the molecule is Cc1cc(NC(=O)[C@H](C(C)C)N2C(=O)[C@H]3[C@H](C2=O)C2(Cl)c4ccccc4C3(Cl)c3ccccc32)cc(C)c1Br. The Kier molecular flexibility index (Phi) is 6.07. The summed E-state index contributed by atoms with van der Waals surface area (Å²) in [5.74, 6) is -3.60. The van der Waals surface area contributed by atoms with E-state index in [0.29, 0.717) is 5.69 Å². The van der Waals surface area contributed by atoms with Crippen molar-refractivity contribution in [2.24, 2.45) is 17.8 Å². The normalized spacial score (nSPS) is 27.3. The number of alkyl halides is 2. The summed E-state index contributed by atoms with van der Waals surface area (Å²) in [6.07, 6.45) is 0. The van der Waals surface area contributed by atoms with E-state index >= 15 is 0 Å². The Labute approximate surface area is 246 Å². The van der Waals surface area contributed by atoms with E-state index in [-0.39, 0.29) is 5.92 Å². The molecular weight excluding hydrogens is 599 g/mol. The Balaban J connectivity index is 1.47. The Hall–Kier alpha value is -2.67. The molecule has 0 radical (unpaired) electrons. The van der Waals surface area contributed by atoms with Gasteiger partial charge in [0, 0.05) is 10.2 Å². The van der Waals surface area contributed by atoms with Crippen molar-refractivity contribution in [2.45, 2.75) is 43.5 Å². The Morgan fingerprint density at radius 3 is 1.59 bits per heavy atom. The standard InChI is InChI=1S/C31H27BrCl2N2O3/c1-15(2)26(27(37)35-18-13-16(3)25(32)17(4)14-18)36-28(38)23-24(29(36)39)31(34)20-10-6-5-9-19(20)30(23,33)21-11-7-8-12-22(21)31/h5-15,23-24,26H,1-4H3,(H,35,37)/t23-,24-,26+,30?,31?/m1/s1. The summed E-state index contributed by atoms with van der Waals surface area (Å²) in [5.41, 5.74) is 5.46. The summed E-state index contributed by atoms with van der Waals surface area (Å²) in [6, 6.07) is 17.7. The van der Waals surface area contributed by atoms with Crippen LogP contribution in [0.25, 0.3) is 0 Å². The van der Waals surface area contributed by atoms with E-state index in [1.165, 1.54) is 0 Å². The number of nitrogens with one attached hydrogen (secondary N) is 1. The average molecular weight is 626 g/mol. The molecule has 7 rings (SSSR count). The average Bonchev–Trinajstić information content (AvgIpc) is 3.17. The number of anilines is 1. The van der Waals surface area contributed by atoms with Crippen LogP contribution in [0.5, 0.6) is 0 Å². The highest BCUT2D eigenvalue weighted by atomic mass is 79.9. The molecule has 1 aliphatic heterocycles. The Bertz CT molecular complexity index is 1440. The zero-order chi connectivity index (χ0) is 28.0. The van der Waals surface area contributed by atoms with E-state index in [4.69, 9.17) is 23.2 Å². The molecule has 39 heavy (non-hydrogen) atoms. The van der Waals surface area contributed by atoms with Crippen molar-refractivity contribution in [3.05, 3.63) is 98.5 Å². The summed E-state index contributed by atoms with van der Waals surface area (Å²) < 4.78 is 0.962. The highest BCUT2D eigenvalue weighted by Gasteiger charge is 2.73. The van der Waals surface area contributed by atoms with Crippen LogP contribution in [-0.2, 0) is 24.1 Å². The van der Waals surface area contributed by atoms with E-state index < -0.39 is 45.3 Å². The Morgan fingerprint density at radius 2 is 1.23 bits per heavy atom. The Morgan fingerprint density at radius 1 is 0.846 bits per heavy atom. The number of halogens is 3. The lowest BCUT2D eigenvalue weighted by Crippen LogP contribution is -2.57. The van der Waals surface area contributed by atoms with Crippen molar-refractivity contribution < 1.29 is 14.4 Å². The smallest absolute Gasteiger partial charge is 0.247 e. The van der Waals surface area contributed by atoms with Crippen molar-refractivity contribution >= 4 is 62.5 Å². The van der Waals surface area contributed by atoms with Gasteiger partial charge in [-0.2, -0.15) is 0 Å². The van der Waals surface area contributed by atoms with Gasteiger partial charge in [-0.05, 0) is 65.3 Å². The van der Waals surface area contributed by atoms with Gasteiger partial charge >= 0.3 is 0 Å². The summed E-state index contributed by atoms with van der Waals surface area (Å²) in [4.78, 5) is 41.0. The molecule has 2 bridgehead atoms. The molecule has 3 aliphatic carbocycles. The molecule has 1 N–H and O–H groups in total. The lowest BCUT2D eigenvalue weighted by Gasteiger charge is -2.54. The first kappa shape index (κ1) is 26.5. The van der Waals surface area contributed by atoms with Crippen LogP contribution in [0.1, 0.15) is 47.2 Å². The number of carbonyl (C=O) groups excluding carboxylic acids is 3. The quantitative estimate of drug-likeness (QED) is 0.262. The number of hydrogen-bond donors (Lipinski definition) is 1. The van der Waals surface area contributed by atoms with Crippen LogP contribution >= 0.6 is 39.1 Å². The van der Waals surface area contributed by atoms with Crippen LogP contribution in [0.15, 0.2) is 65.1 Å². The van der Waals surface area contributed by atoms with Gasteiger partial charge in [0.05, 0.1) is 11.8 Å². The van der Waals surface area contributed by atoms with Gasteiger partial charge in [-0.1, -0.05) is 78.3 Å². The van der Waals surface area contributed by atoms with Gasteiger partial charge in [-0.25, -0.2) is 0 Å². The minimum absolute atomic E-state index is 0.351. The van der Waals surface area contributed by atoms with E-state index in [1.807, 2.05) is 88.4 Å². The molecule has 0 saturated carbocycles. The summed E-state index contributed by atoms with van der Waals surface area (Å²) in [7, 11) is 0. The molecule has 3 aromatic rings. The second-order valence-corrected chi connectivity index (χ2v) is 13.1. The second kappa shape index (κ2) is 8.92. The van der Waals surface area contributed by atoms with Gasteiger partial charge in [0.25, 0.3) is 0 Å². The number of benzene rings is 3. The monoisotopic (exact) mass is 624 g/mol. The third-order valence-electron chi connectivity index (χ3n) is 8.50. The molecule has 0 aromatic heterocycles. The largest absolute Gasteiger partial charge is 0.324 e. The minimum Gasteiger partial charge on any atom is -0.324 e. The van der Waals surface area contributed by atoms with Gasteiger partial charge in [0.2, 0.25) is 17.7 Å². The molecular formula is C31H27BrCl2N2O3. The molecule has 8 heteroatoms. The number of carbonyl (C=O) groups is 3. The molecule has 3 atom stereocenters. The number of aryl methyl sites for hydroxylation is 2. The van der Waals surface area contributed by atoms with Crippen molar-refractivity contribution in [1.29, 1.82) is 0 Å². The third kappa shape index (κ3) is 3.41. The molecule has 3 aromatic carbocycles. The maximum absolute atomic E-state index is 14.3. The zero-order valence-electron chi connectivity index (χ0n) is 21.9. The van der Waals surface area contributed by atoms with Gasteiger partial charge in [0.1, 0.15) is 15.8 Å². The van der Waals surface area contributed by atoms with Gasteiger partial charge in [-0.15, -0.1) is 23.2 Å². The number of likely N-dealkylation sites (tertiary alicyclic amines) is 1. The number of nitrogens with zero attached hydrogens (tertiary/aromatic N) is 1. The molecule has 0 unspecified atom stereocenters. The fourth-order valence-corrected chi connectivity index (χ4v) is 8.24. The van der Waals surface area contributed by atoms with E-state index in [2.05, 4.69) is 21.2 Å². The van der Waals surface area contributed by atoms with Gasteiger partial charge in [0.15, 0.2) is 0 Å². The van der Waals surface area contributed by atoms with Crippen molar-refractivity contribution in [2.75, 3.05) is 5.32 Å². The molecule has 4 aliphatic rings. The third-order valence-corrected chi connectivity index (χ3v) is 11.0. The molecule has 200 valence electrons. The maximum Gasteiger partial charge on any atom is 0.247 e. The minimum atomic E-state index is -1.28. The number of imide groups is 1. The van der Waals surface area contributed by atoms with Crippen LogP contribution in [0, 0.1) is 31.6 Å². The fourth-order valence-electron chi connectivity index (χ4n) is 6.92. The number of rotatable bonds is 4.